The Kier molecular flexibility index (Phi) is 16.0. The number of unbranched alkanes of at least 4 members (excludes halogenated alkanes) is 6. The van der Waals surface area contributed by atoms with Gasteiger partial charge in [-0.25, -0.2) is 14.0 Å². The zero-order valence-corrected chi connectivity index (χ0v) is 24.5. The zero-order valence-electron chi connectivity index (χ0n) is 24.5. The van der Waals surface area contributed by atoms with Crippen LogP contribution in [0.15, 0.2) is 60.7 Å². The molecule has 0 unspecified atom stereocenters. The Balaban J connectivity index is 2.14. The van der Waals surface area contributed by atoms with E-state index in [0.717, 1.165) is 24.8 Å². The maximum Gasteiger partial charge on any atom is 0.335 e. The molecule has 0 bridgehead atoms. The Hall–Kier alpha value is -3.69. The van der Waals surface area contributed by atoms with Crippen LogP contribution in [0.1, 0.15) is 57.4 Å². The van der Waals surface area contributed by atoms with E-state index in [-0.39, 0.29) is 49.1 Å². The first kappa shape index (κ1) is 34.5. The van der Waals surface area contributed by atoms with E-state index in [1.54, 1.807) is 24.3 Å². The molecule has 0 heterocycles. The van der Waals surface area contributed by atoms with Gasteiger partial charge in [0.15, 0.2) is 0 Å². The molecule has 0 aliphatic heterocycles. The van der Waals surface area contributed by atoms with Crippen molar-refractivity contribution in [2.24, 2.45) is 0 Å². The molecule has 8 nitrogen and oxygen atoms in total. The number of hydrogen-bond donors (Lipinski definition) is 2. The SMILES string of the molecule is C=C(CO)C(=O)OCCOc1cccc(-c2cc(OCCOC(=O)C(=C)CO)cc(F)c2CCCCCCCCC)c1. The van der Waals surface area contributed by atoms with E-state index < -0.39 is 25.2 Å². The maximum atomic E-state index is 15.5. The van der Waals surface area contributed by atoms with E-state index in [1.807, 2.05) is 6.07 Å². The molecule has 0 aromatic heterocycles. The molecule has 2 N–H and O–H groups in total. The molecule has 2 aromatic carbocycles. The lowest BCUT2D eigenvalue weighted by atomic mass is 9.94. The third-order valence-electron chi connectivity index (χ3n) is 6.47. The van der Waals surface area contributed by atoms with Crippen LogP contribution in [0.4, 0.5) is 4.39 Å². The summed E-state index contributed by atoms with van der Waals surface area (Å²) < 4.78 is 36.9. The van der Waals surface area contributed by atoms with Crippen molar-refractivity contribution in [3.63, 3.8) is 0 Å². The molecule has 2 aromatic rings. The Morgan fingerprint density at radius 1 is 0.762 bits per heavy atom. The van der Waals surface area contributed by atoms with Crippen LogP contribution < -0.4 is 9.47 Å². The molecule has 2 rings (SSSR count). The van der Waals surface area contributed by atoms with Gasteiger partial charge in [0.2, 0.25) is 0 Å². The number of aliphatic hydroxyl groups is 2. The van der Waals surface area contributed by atoms with Crippen LogP contribution in [0.3, 0.4) is 0 Å². The minimum atomic E-state index is -0.720. The van der Waals surface area contributed by atoms with Crippen LogP contribution in [0.2, 0.25) is 0 Å². The van der Waals surface area contributed by atoms with Crippen LogP contribution in [0, 0.1) is 5.82 Å². The van der Waals surface area contributed by atoms with E-state index in [9.17, 15) is 9.59 Å². The highest BCUT2D eigenvalue weighted by molar-refractivity contribution is 5.88. The summed E-state index contributed by atoms with van der Waals surface area (Å²) in [5.41, 5.74) is 1.87. The van der Waals surface area contributed by atoms with Crippen LogP contribution in [0.25, 0.3) is 11.1 Å². The quantitative estimate of drug-likeness (QED) is 0.108. The summed E-state index contributed by atoms with van der Waals surface area (Å²) >= 11 is 0. The first-order valence-corrected chi connectivity index (χ1v) is 14.4. The van der Waals surface area contributed by atoms with E-state index in [0.29, 0.717) is 23.3 Å². The molecule has 0 amide bonds. The summed E-state index contributed by atoms with van der Waals surface area (Å²) in [7, 11) is 0. The normalized spacial score (nSPS) is 10.7. The summed E-state index contributed by atoms with van der Waals surface area (Å²) in [5.74, 6) is -1.01. The molecule has 42 heavy (non-hydrogen) atoms. The van der Waals surface area contributed by atoms with Crippen molar-refractivity contribution >= 4 is 11.9 Å². The van der Waals surface area contributed by atoms with Crippen molar-refractivity contribution < 1.29 is 43.1 Å². The topological polar surface area (TPSA) is 112 Å². The van der Waals surface area contributed by atoms with Gasteiger partial charge in [-0.05, 0) is 47.7 Å². The second-order valence-corrected chi connectivity index (χ2v) is 9.82. The predicted octanol–water partition coefficient (Wildman–Crippen LogP) is 5.73. The van der Waals surface area contributed by atoms with Gasteiger partial charge in [0, 0.05) is 6.07 Å². The molecule has 0 fully saturated rings. The van der Waals surface area contributed by atoms with E-state index in [1.165, 1.54) is 31.7 Å². The molecular weight excluding hydrogens is 543 g/mol. The minimum Gasteiger partial charge on any atom is -0.490 e. The number of rotatable bonds is 21. The van der Waals surface area contributed by atoms with Crippen molar-refractivity contribution in [3.8, 4) is 22.6 Å². The third-order valence-corrected chi connectivity index (χ3v) is 6.47. The average Bonchev–Trinajstić information content (AvgIpc) is 3.00. The molecule has 0 saturated heterocycles. The van der Waals surface area contributed by atoms with Crippen molar-refractivity contribution in [3.05, 3.63) is 72.1 Å². The minimum absolute atomic E-state index is 0.00892. The standard InChI is InChI=1S/C33H43FO8/c1-4-5-6-7-8-9-10-14-29-30(20-28(21-31(29)34)40-16-18-42-33(38)25(3)23-36)26-12-11-13-27(19-26)39-15-17-41-32(37)24(2)22-35/h11-13,19-21,35-36H,2-10,14-18,22-23H2,1H3. The molecular formula is C33H43FO8. The Labute approximate surface area is 247 Å². The van der Waals surface area contributed by atoms with Gasteiger partial charge in [-0.3, -0.25) is 0 Å². The first-order valence-electron chi connectivity index (χ1n) is 14.4. The van der Waals surface area contributed by atoms with E-state index >= 15 is 4.39 Å². The molecule has 0 aliphatic carbocycles. The Morgan fingerprint density at radius 2 is 1.33 bits per heavy atom. The van der Waals surface area contributed by atoms with Gasteiger partial charge in [0.1, 0.15) is 43.7 Å². The highest BCUT2D eigenvalue weighted by Gasteiger charge is 2.15. The van der Waals surface area contributed by atoms with Gasteiger partial charge >= 0.3 is 11.9 Å². The number of benzene rings is 2. The van der Waals surface area contributed by atoms with Crippen molar-refractivity contribution in [1.29, 1.82) is 0 Å². The number of aliphatic hydroxyl groups excluding tert-OH is 2. The molecule has 230 valence electrons. The van der Waals surface area contributed by atoms with Gasteiger partial charge in [-0.1, -0.05) is 70.7 Å². The van der Waals surface area contributed by atoms with Crippen LogP contribution in [-0.2, 0) is 25.5 Å². The largest absolute Gasteiger partial charge is 0.490 e. The molecule has 9 heteroatoms. The van der Waals surface area contributed by atoms with Crippen LogP contribution >= 0.6 is 0 Å². The molecule has 0 radical (unpaired) electrons. The number of carbonyl (C=O) groups excluding carboxylic acids is 2. The summed E-state index contributed by atoms with van der Waals surface area (Å²) in [4.78, 5) is 23.3. The van der Waals surface area contributed by atoms with Gasteiger partial charge in [0.25, 0.3) is 0 Å². The van der Waals surface area contributed by atoms with E-state index in [2.05, 4.69) is 20.1 Å². The maximum absolute atomic E-state index is 15.5. The lowest BCUT2D eigenvalue weighted by molar-refractivity contribution is -0.141. The van der Waals surface area contributed by atoms with Gasteiger partial charge in [-0.15, -0.1) is 0 Å². The lowest BCUT2D eigenvalue weighted by Crippen LogP contribution is -2.15. The summed E-state index contributed by atoms with van der Waals surface area (Å²) in [6.07, 6.45) is 8.34. The zero-order chi connectivity index (χ0) is 30.7. The molecule has 0 saturated carbocycles. The summed E-state index contributed by atoms with van der Waals surface area (Å²) in [6.45, 7) is 8.00. The molecule has 0 atom stereocenters. The number of carbonyl (C=O) groups is 2. The molecule has 0 spiro atoms. The number of esters is 2. The predicted molar refractivity (Wildman–Crippen MR) is 159 cm³/mol. The monoisotopic (exact) mass is 586 g/mol. The Morgan fingerprint density at radius 3 is 1.93 bits per heavy atom. The smallest absolute Gasteiger partial charge is 0.335 e. The summed E-state index contributed by atoms with van der Waals surface area (Å²) in [5, 5.41) is 17.9. The highest BCUT2D eigenvalue weighted by Crippen LogP contribution is 2.33. The van der Waals surface area contributed by atoms with E-state index in [4.69, 9.17) is 29.2 Å². The second kappa shape index (κ2) is 19.4. The van der Waals surface area contributed by atoms with Gasteiger partial charge in [-0.2, -0.15) is 0 Å². The van der Waals surface area contributed by atoms with Crippen LogP contribution in [-0.4, -0.2) is 61.8 Å². The fraction of sp³-hybridized carbons (Fsp3) is 0.455. The first-order chi connectivity index (χ1) is 20.3. The lowest BCUT2D eigenvalue weighted by Gasteiger charge is -2.16. The van der Waals surface area contributed by atoms with Gasteiger partial charge < -0.3 is 29.2 Å². The third kappa shape index (κ3) is 12.0. The average molecular weight is 587 g/mol. The Bertz CT molecular complexity index is 1180. The van der Waals surface area contributed by atoms with Crippen LogP contribution in [0.5, 0.6) is 11.5 Å². The number of ether oxygens (including phenoxy) is 4. The summed E-state index contributed by atoms with van der Waals surface area (Å²) in [6, 6.07) is 10.3. The second-order valence-electron chi connectivity index (χ2n) is 9.82. The molecule has 0 aliphatic rings. The number of hydrogen-bond acceptors (Lipinski definition) is 8. The number of halogens is 1. The fourth-order valence-corrected chi connectivity index (χ4v) is 4.14. The van der Waals surface area contributed by atoms with Crippen molar-refractivity contribution in [2.45, 2.75) is 58.3 Å². The van der Waals surface area contributed by atoms with Crippen molar-refractivity contribution in [1.82, 2.24) is 0 Å². The van der Waals surface area contributed by atoms with Gasteiger partial charge in [0.05, 0.1) is 24.4 Å². The fourth-order valence-electron chi connectivity index (χ4n) is 4.14. The van der Waals surface area contributed by atoms with Crippen molar-refractivity contribution in [2.75, 3.05) is 39.6 Å². The highest BCUT2D eigenvalue weighted by atomic mass is 19.1.